The molecule has 0 spiro atoms. The third-order valence-corrected chi connectivity index (χ3v) is 6.19. The van der Waals surface area contributed by atoms with Gasteiger partial charge in [0.1, 0.15) is 0 Å². The number of nitrogens with zero attached hydrogens (tertiary/aromatic N) is 1. The van der Waals surface area contributed by atoms with Crippen molar-refractivity contribution in [3.63, 3.8) is 0 Å². The largest absolute Gasteiger partial charge is 0.465 e. The number of aryl methyl sites for hydroxylation is 3. The van der Waals surface area contributed by atoms with Crippen molar-refractivity contribution in [2.75, 3.05) is 5.32 Å². The normalized spacial score (nSPS) is 12.9. The predicted molar refractivity (Wildman–Crippen MR) is 128 cm³/mol. The lowest BCUT2D eigenvalue weighted by Gasteiger charge is -2.33. The zero-order valence-corrected chi connectivity index (χ0v) is 21.7. The van der Waals surface area contributed by atoms with Crippen molar-refractivity contribution in [1.82, 2.24) is 4.90 Å². The van der Waals surface area contributed by atoms with Gasteiger partial charge in [-0.1, -0.05) is 19.1 Å². The molecule has 2 N–H and O–H groups in total. The number of carbonyl (C=O) groups is 2. The second-order valence-electron chi connectivity index (χ2n) is 9.97. The van der Waals surface area contributed by atoms with Crippen molar-refractivity contribution in [3.8, 4) is 0 Å². The number of halogens is 7. The van der Waals surface area contributed by atoms with E-state index < -0.39 is 41.1 Å². The zero-order chi connectivity index (χ0) is 29.4. The Kier molecular flexibility index (Phi) is 8.50. The molecule has 0 aliphatic heterocycles. The summed E-state index contributed by atoms with van der Waals surface area (Å²) in [5.41, 5.74) is -6.87. The van der Waals surface area contributed by atoms with Gasteiger partial charge in [-0.2, -0.15) is 26.3 Å². The number of carboxylic acid groups (broad SMARTS) is 1. The van der Waals surface area contributed by atoms with Gasteiger partial charge in [0.25, 0.3) is 5.91 Å². The Morgan fingerprint density at radius 1 is 0.868 bits per heavy atom. The molecule has 38 heavy (non-hydrogen) atoms. The lowest BCUT2D eigenvalue weighted by Crippen LogP contribution is -2.50. The first-order valence-corrected chi connectivity index (χ1v) is 11.5. The SMILES string of the molecule is CCc1cc(C(F)(C(F)(F)F)C(F)(F)F)cc(C)c1NC(=O)c1ccc(CN(C(=O)O)C(C)(C)C)c(C)c1. The van der Waals surface area contributed by atoms with Crippen molar-refractivity contribution in [2.45, 2.75) is 78.1 Å². The molecular formula is C26H29F7N2O3. The maximum atomic E-state index is 14.6. The van der Waals surface area contributed by atoms with E-state index in [1.54, 1.807) is 33.8 Å². The second-order valence-corrected chi connectivity index (χ2v) is 9.97. The minimum atomic E-state index is -6.25. The smallest absolute Gasteiger partial charge is 0.435 e. The number of hydrogen-bond donors (Lipinski definition) is 2. The third kappa shape index (κ3) is 6.05. The van der Waals surface area contributed by atoms with E-state index in [2.05, 4.69) is 5.32 Å². The molecule has 0 radical (unpaired) electrons. The quantitative estimate of drug-likeness (QED) is 0.363. The highest BCUT2D eigenvalue weighted by Gasteiger charge is 2.73. The van der Waals surface area contributed by atoms with Crippen LogP contribution in [-0.4, -0.2) is 39.9 Å². The number of hydrogen-bond acceptors (Lipinski definition) is 2. The Morgan fingerprint density at radius 2 is 1.42 bits per heavy atom. The zero-order valence-electron chi connectivity index (χ0n) is 21.7. The topological polar surface area (TPSA) is 69.6 Å². The molecule has 2 aromatic carbocycles. The Bertz CT molecular complexity index is 1200. The van der Waals surface area contributed by atoms with E-state index in [4.69, 9.17) is 0 Å². The minimum Gasteiger partial charge on any atom is -0.465 e. The molecule has 0 aromatic heterocycles. The van der Waals surface area contributed by atoms with E-state index in [1.807, 2.05) is 0 Å². The highest BCUT2D eigenvalue weighted by Crippen LogP contribution is 2.53. The predicted octanol–water partition coefficient (Wildman–Crippen LogP) is 7.69. The van der Waals surface area contributed by atoms with Gasteiger partial charge in [-0.05, 0) is 81.5 Å². The lowest BCUT2D eigenvalue weighted by molar-refractivity contribution is -0.348. The van der Waals surface area contributed by atoms with Crippen molar-refractivity contribution >= 4 is 17.7 Å². The van der Waals surface area contributed by atoms with Gasteiger partial charge >= 0.3 is 24.1 Å². The van der Waals surface area contributed by atoms with Gasteiger partial charge in [0.05, 0.1) is 0 Å². The maximum Gasteiger partial charge on any atom is 0.435 e. The number of rotatable bonds is 6. The summed E-state index contributed by atoms with van der Waals surface area (Å²) < 4.78 is 94.1. The molecule has 2 rings (SSSR count). The van der Waals surface area contributed by atoms with E-state index in [9.17, 15) is 45.4 Å². The summed E-state index contributed by atoms with van der Waals surface area (Å²) in [6.45, 7) is 9.52. The van der Waals surface area contributed by atoms with Gasteiger partial charge in [-0.25, -0.2) is 9.18 Å². The van der Waals surface area contributed by atoms with Crippen LogP contribution in [0.3, 0.4) is 0 Å². The molecule has 0 atom stereocenters. The summed E-state index contributed by atoms with van der Waals surface area (Å²) in [5, 5.41) is 12.0. The summed E-state index contributed by atoms with van der Waals surface area (Å²) in [4.78, 5) is 25.8. The monoisotopic (exact) mass is 550 g/mol. The van der Waals surface area contributed by atoms with E-state index >= 15 is 0 Å². The Morgan fingerprint density at radius 3 is 1.84 bits per heavy atom. The van der Waals surface area contributed by atoms with Gasteiger partial charge in [-0.15, -0.1) is 0 Å². The first-order chi connectivity index (χ1) is 17.1. The molecule has 2 amide bonds. The van der Waals surface area contributed by atoms with Gasteiger partial charge in [0.2, 0.25) is 0 Å². The molecule has 0 saturated heterocycles. The van der Waals surface area contributed by atoms with E-state index in [-0.39, 0.29) is 35.3 Å². The van der Waals surface area contributed by atoms with Gasteiger partial charge in [0.15, 0.2) is 0 Å². The summed E-state index contributed by atoms with van der Waals surface area (Å²) in [6, 6.07) is 5.37. The van der Waals surface area contributed by atoms with Crippen LogP contribution < -0.4 is 5.32 Å². The summed E-state index contributed by atoms with van der Waals surface area (Å²) in [7, 11) is 0. The van der Waals surface area contributed by atoms with E-state index in [1.165, 1.54) is 30.9 Å². The number of alkyl halides is 7. The highest BCUT2D eigenvalue weighted by atomic mass is 19.4. The van der Waals surface area contributed by atoms with E-state index in [0.29, 0.717) is 23.3 Å². The molecule has 0 unspecified atom stereocenters. The Balaban J connectivity index is 2.44. The first-order valence-electron chi connectivity index (χ1n) is 11.5. The van der Waals surface area contributed by atoms with Crippen LogP contribution in [0.5, 0.6) is 0 Å². The molecule has 210 valence electrons. The molecule has 2 aromatic rings. The van der Waals surface area contributed by atoms with Crippen molar-refractivity contribution in [2.24, 2.45) is 0 Å². The standard InChI is InChI=1S/C26H29F7N2O3/c1-7-16-12-19(24(27,25(28,29)30)26(31,32)33)11-15(3)20(16)34-21(36)17-8-9-18(14(2)10-17)13-35(22(37)38)23(4,5)6/h8-12H,7,13H2,1-6H3,(H,34,36)(H,37,38). The van der Waals surface area contributed by atoms with Crippen molar-refractivity contribution < 1.29 is 45.4 Å². The average Bonchev–Trinajstić information content (AvgIpc) is 2.75. The van der Waals surface area contributed by atoms with Crippen LogP contribution in [0, 0.1) is 13.8 Å². The number of amides is 2. The molecule has 0 aliphatic carbocycles. The fourth-order valence-electron chi connectivity index (χ4n) is 3.97. The summed E-state index contributed by atoms with van der Waals surface area (Å²) >= 11 is 0. The summed E-state index contributed by atoms with van der Waals surface area (Å²) in [6.07, 6.45) is -13.7. The van der Waals surface area contributed by atoms with E-state index in [0.717, 1.165) is 0 Å². The van der Waals surface area contributed by atoms with Crippen LogP contribution in [0.15, 0.2) is 30.3 Å². The van der Waals surface area contributed by atoms with Gasteiger partial charge in [-0.3, -0.25) is 9.69 Å². The van der Waals surface area contributed by atoms with Crippen LogP contribution in [-0.2, 0) is 18.6 Å². The van der Waals surface area contributed by atoms with Crippen LogP contribution in [0.2, 0.25) is 0 Å². The summed E-state index contributed by atoms with van der Waals surface area (Å²) in [5.74, 6) is -0.700. The minimum absolute atomic E-state index is 0.0283. The van der Waals surface area contributed by atoms with Crippen LogP contribution >= 0.6 is 0 Å². The van der Waals surface area contributed by atoms with Crippen LogP contribution in [0.4, 0.5) is 41.2 Å². The molecular weight excluding hydrogens is 521 g/mol. The molecule has 5 nitrogen and oxygen atoms in total. The second kappa shape index (κ2) is 10.5. The lowest BCUT2D eigenvalue weighted by atomic mass is 9.89. The first kappa shape index (κ1) is 30.9. The molecule has 0 heterocycles. The fraction of sp³-hybridized carbons (Fsp3) is 0.462. The number of anilines is 1. The fourth-order valence-corrected chi connectivity index (χ4v) is 3.97. The molecule has 0 aliphatic rings. The van der Waals surface area contributed by atoms with Gasteiger partial charge in [0, 0.05) is 28.9 Å². The van der Waals surface area contributed by atoms with Crippen molar-refractivity contribution in [1.29, 1.82) is 0 Å². The molecule has 0 saturated carbocycles. The van der Waals surface area contributed by atoms with Crippen LogP contribution in [0.1, 0.15) is 65.9 Å². The molecule has 12 heteroatoms. The molecule has 0 bridgehead atoms. The Labute approximate surface area is 215 Å². The average molecular weight is 551 g/mol. The van der Waals surface area contributed by atoms with Crippen LogP contribution in [0.25, 0.3) is 0 Å². The third-order valence-electron chi connectivity index (χ3n) is 6.19. The number of carbonyl (C=O) groups excluding carboxylic acids is 1. The Hall–Kier alpha value is -3.31. The molecule has 0 fully saturated rings. The number of nitrogens with one attached hydrogen (secondary N) is 1. The van der Waals surface area contributed by atoms with Gasteiger partial charge < -0.3 is 10.4 Å². The number of benzene rings is 2. The highest BCUT2D eigenvalue weighted by molar-refractivity contribution is 6.05. The van der Waals surface area contributed by atoms with Crippen molar-refractivity contribution in [3.05, 3.63) is 63.7 Å². The maximum absolute atomic E-state index is 14.6.